The molecule has 2 rings (SSSR count). The Morgan fingerprint density at radius 2 is 1.93 bits per heavy atom. The molecule has 0 spiro atoms. The zero-order chi connectivity index (χ0) is 10.7. The van der Waals surface area contributed by atoms with Crippen LogP contribution in [-0.4, -0.2) is 11.2 Å². The van der Waals surface area contributed by atoms with Crippen LogP contribution in [0, 0.1) is 5.92 Å². The number of aliphatic hydroxyl groups is 1. The minimum atomic E-state index is -0.0731. The highest BCUT2D eigenvalue weighted by Gasteiger charge is 2.20. The first-order valence-electron chi connectivity index (χ1n) is 5.66. The van der Waals surface area contributed by atoms with Crippen molar-refractivity contribution in [3.63, 3.8) is 0 Å². The molecule has 1 aromatic rings. The quantitative estimate of drug-likeness (QED) is 0.816. The van der Waals surface area contributed by atoms with E-state index in [1.807, 2.05) is 12.1 Å². The highest BCUT2D eigenvalue weighted by molar-refractivity contribution is 6.30. The van der Waals surface area contributed by atoms with Crippen molar-refractivity contribution in [3.05, 3.63) is 34.9 Å². The highest BCUT2D eigenvalue weighted by atomic mass is 35.5. The maximum absolute atomic E-state index is 9.58. The van der Waals surface area contributed by atoms with E-state index in [1.54, 1.807) is 0 Å². The summed E-state index contributed by atoms with van der Waals surface area (Å²) in [5.74, 6) is 0.648. The second kappa shape index (κ2) is 5.00. The van der Waals surface area contributed by atoms with E-state index in [4.69, 9.17) is 11.6 Å². The SMILES string of the molecule is OC1CCCC(Cc2ccc(Cl)cc2)C1. The molecule has 15 heavy (non-hydrogen) atoms. The van der Waals surface area contributed by atoms with Gasteiger partial charge in [-0.15, -0.1) is 0 Å². The second-order valence-electron chi connectivity index (χ2n) is 4.52. The van der Waals surface area contributed by atoms with Crippen LogP contribution in [0.3, 0.4) is 0 Å². The summed E-state index contributed by atoms with van der Waals surface area (Å²) in [4.78, 5) is 0. The fraction of sp³-hybridized carbons (Fsp3) is 0.538. The van der Waals surface area contributed by atoms with Crippen molar-refractivity contribution in [1.82, 2.24) is 0 Å². The highest BCUT2D eigenvalue weighted by Crippen LogP contribution is 2.27. The average molecular weight is 225 g/mol. The molecule has 2 heteroatoms. The summed E-state index contributed by atoms with van der Waals surface area (Å²) in [5.41, 5.74) is 1.33. The Labute approximate surface area is 96.1 Å². The van der Waals surface area contributed by atoms with E-state index in [1.165, 1.54) is 18.4 Å². The summed E-state index contributed by atoms with van der Waals surface area (Å²) >= 11 is 5.84. The van der Waals surface area contributed by atoms with E-state index in [0.717, 1.165) is 24.3 Å². The molecule has 0 aromatic heterocycles. The molecule has 1 aliphatic carbocycles. The zero-order valence-corrected chi connectivity index (χ0v) is 9.58. The monoisotopic (exact) mass is 224 g/mol. The Morgan fingerprint density at radius 1 is 1.20 bits per heavy atom. The predicted molar refractivity (Wildman–Crippen MR) is 63.1 cm³/mol. The van der Waals surface area contributed by atoms with Crippen LogP contribution in [0.15, 0.2) is 24.3 Å². The molecule has 0 amide bonds. The van der Waals surface area contributed by atoms with Crippen LogP contribution >= 0.6 is 11.6 Å². The molecule has 1 aromatic carbocycles. The van der Waals surface area contributed by atoms with Gasteiger partial charge in [-0.3, -0.25) is 0 Å². The van der Waals surface area contributed by atoms with Crippen molar-refractivity contribution in [1.29, 1.82) is 0 Å². The van der Waals surface area contributed by atoms with Crippen LogP contribution in [-0.2, 0) is 6.42 Å². The zero-order valence-electron chi connectivity index (χ0n) is 8.82. The van der Waals surface area contributed by atoms with Crippen LogP contribution in [0.2, 0.25) is 5.02 Å². The molecule has 2 unspecified atom stereocenters. The summed E-state index contributed by atoms with van der Waals surface area (Å²) in [6.45, 7) is 0. The molecule has 0 aliphatic heterocycles. The van der Waals surface area contributed by atoms with Crippen molar-refractivity contribution >= 4 is 11.6 Å². The van der Waals surface area contributed by atoms with Crippen LogP contribution in [0.4, 0.5) is 0 Å². The van der Waals surface area contributed by atoms with Gasteiger partial charge in [0.2, 0.25) is 0 Å². The Hall–Kier alpha value is -0.530. The third-order valence-electron chi connectivity index (χ3n) is 3.19. The minimum Gasteiger partial charge on any atom is -0.393 e. The van der Waals surface area contributed by atoms with Gasteiger partial charge in [0.15, 0.2) is 0 Å². The summed E-state index contributed by atoms with van der Waals surface area (Å²) in [6, 6.07) is 8.05. The largest absolute Gasteiger partial charge is 0.393 e. The lowest BCUT2D eigenvalue weighted by Gasteiger charge is -2.25. The van der Waals surface area contributed by atoms with Crippen LogP contribution in [0.25, 0.3) is 0 Å². The van der Waals surface area contributed by atoms with Gasteiger partial charge in [-0.2, -0.15) is 0 Å². The summed E-state index contributed by atoms with van der Waals surface area (Å²) in [6.07, 6.45) is 5.36. The Kier molecular flexibility index (Phi) is 3.66. The first-order chi connectivity index (χ1) is 7.24. The lowest BCUT2D eigenvalue weighted by molar-refractivity contribution is 0.101. The van der Waals surface area contributed by atoms with Gasteiger partial charge in [-0.1, -0.05) is 30.2 Å². The smallest absolute Gasteiger partial charge is 0.0543 e. The van der Waals surface area contributed by atoms with Gasteiger partial charge in [0, 0.05) is 5.02 Å². The third kappa shape index (κ3) is 3.22. The van der Waals surface area contributed by atoms with Crippen molar-refractivity contribution < 1.29 is 5.11 Å². The van der Waals surface area contributed by atoms with Gasteiger partial charge < -0.3 is 5.11 Å². The summed E-state index contributed by atoms with van der Waals surface area (Å²) < 4.78 is 0. The third-order valence-corrected chi connectivity index (χ3v) is 3.44. The van der Waals surface area contributed by atoms with Crippen LogP contribution in [0.5, 0.6) is 0 Å². The van der Waals surface area contributed by atoms with E-state index >= 15 is 0 Å². The molecule has 0 heterocycles. The number of benzene rings is 1. The van der Waals surface area contributed by atoms with E-state index < -0.39 is 0 Å². The lowest BCUT2D eigenvalue weighted by Crippen LogP contribution is -2.20. The number of aliphatic hydroxyl groups excluding tert-OH is 1. The van der Waals surface area contributed by atoms with E-state index in [-0.39, 0.29) is 6.10 Å². The Morgan fingerprint density at radius 3 is 2.60 bits per heavy atom. The fourth-order valence-corrected chi connectivity index (χ4v) is 2.53. The average Bonchev–Trinajstić information content (AvgIpc) is 2.22. The Bertz CT molecular complexity index is 307. The van der Waals surface area contributed by atoms with Crippen LogP contribution < -0.4 is 0 Å². The predicted octanol–water partition coefficient (Wildman–Crippen LogP) is 3.43. The molecular formula is C13H17ClO. The molecule has 1 saturated carbocycles. The first-order valence-corrected chi connectivity index (χ1v) is 6.04. The van der Waals surface area contributed by atoms with Gasteiger partial charge in [0.25, 0.3) is 0 Å². The van der Waals surface area contributed by atoms with Crippen molar-refractivity contribution in [2.45, 2.75) is 38.2 Å². The maximum Gasteiger partial charge on any atom is 0.0543 e. The van der Waals surface area contributed by atoms with E-state index in [0.29, 0.717) is 5.92 Å². The molecule has 1 aliphatic rings. The maximum atomic E-state index is 9.58. The minimum absolute atomic E-state index is 0.0731. The number of hydrogen-bond acceptors (Lipinski definition) is 1. The van der Waals surface area contributed by atoms with Gasteiger partial charge in [-0.25, -0.2) is 0 Å². The van der Waals surface area contributed by atoms with Gasteiger partial charge in [0.1, 0.15) is 0 Å². The van der Waals surface area contributed by atoms with Gasteiger partial charge in [0.05, 0.1) is 6.10 Å². The molecule has 0 saturated heterocycles. The van der Waals surface area contributed by atoms with Crippen molar-refractivity contribution in [2.24, 2.45) is 5.92 Å². The molecule has 1 fully saturated rings. The molecule has 1 nitrogen and oxygen atoms in total. The van der Waals surface area contributed by atoms with Crippen molar-refractivity contribution in [3.8, 4) is 0 Å². The fourth-order valence-electron chi connectivity index (χ4n) is 2.40. The topological polar surface area (TPSA) is 20.2 Å². The molecule has 82 valence electrons. The number of hydrogen-bond donors (Lipinski definition) is 1. The first kappa shape index (κ1) is 11.0. The molecule has 1 N–H and O–H groups in total. The molecule has 2 atom stereocenters. The molecule has 0 bridgehead atoms. The standard InChI is InChI=1S/C13H17ClO/c14-12-6-4-10(5-7-12)8-11-2-1-3-13(15)9-11/h4-7,11,13,15H,1-3,8-9H2. The number of rotatable bonds is 2. The number of halogens is 1. The lowest BCUT2D eigenvalue weighted by atomic mass is 9.83. The van der Waals surface area contributed by atoms with E-state index in [2.05, 4.69) is 12.1 Å². The van der Waals surface area contributed by atoms with E-state index in [9.17, 15) is 5.11 Å². The van der Waals surface area contributed by atoms with Gasteiger partial charge >= 0.3 is 0 Å². The molecule has 0 radical (unpaired) electrons. The van der Waals surface area contributed by atoms with Gasteiger partial charge in [-0.05, 0) is 49.3 Å². The second-order valence-corrected chi connectivity index (χ2v) is 4.95. The Balaban J connectivity index is 1.93. The summed E-state index contributed by atoms with van der Waals surface area (Å²) in [7, 11) is 0. The molecular weight excluding hydrogens is 208 g/mol. The van der Waals surface area contributed by atoms with Crippen LogP contribution in [0.1, 0.15) is 31.2 Å². The summed E-state index contributed by atoms with van der Waals surface area (Å²) in [5, 5.41) is 10.4. The normalized spacial score (nSPS) is 26.5. The van der Waals surface area contributed by atoms with Crippen molar-refractivity contribution in [2.75, 3.05) is 0 Å².